The van der Waals surface area contributed by atoms with Crippen LogP contribution in [0.5, 0.6) is 0 Å². The smallest absolute Gasteiger partial charge is 0.119 e. The van der Waals surface area contributed by atoms with Gasteiger partial charge < -0.3 is 10.1 Å². The Hall–Kier alpha value is -0.450. The lowest BCUT2D eigenvalue weighted by Gasteiger charge is -2.21. The maximum atomic E-state index is 5.13. The Kier molecular flexibility index (Phi) is 3.72. The highest BCUT2D eigenvalue weighted by molar-refractivity contribution is 7.11. The second-order valence-electron chi connectivity index (χ2n) is 3.85. The number of nitrogens with one attached hydrogen (secondary N) is 1. The molecule has 1 aromatic heterocycles. The molecule has 3 nitrogen and oxygen atoms in total. The van der Waals surface area contributed by atoms with E-state index in [0.29, 0.717) is 12.6 Å². The van der Waals surface area contributed by atoms with Crippen molar-refractivity contribution in [1.82, 2.24) is 10.3 Å². The second kappa shape index (κ2) is 5.05. The van der Waals surface area contributed by atoms with E-state index in [1.165, 1.54) is 23.4 Å². The Balaban J connectivity index is 2.18. The van der Waals surface area contributed by atoms with E-state index < -0.39 is 0 Å². The lowest BCUT2D eigenvalue weighted by molar-refractivity contribution is 0.184. The Labute approximate surface area is 94.9 Å². The minimum atomic E-state index is 0.529. The number of hydrogen-bond donors (Lipinski definition) is 1. The number of aryl methyl sites for hydroxylation is 1. The van der Waals surface area contributed by atoms with Crippen LogP contribution in [0.3, 0.4) is 0 Å². The van der Waals surface area contributed by atoms with E-state index in [0.717, 1.165) is 18.0 Å². The number of fused-ring (bicyclic) bond motifs is 1. The van der Waals surface area contributed by atoms with Crippen molar-refractivity contribution in [3.8, 4) is 0 Å². The molecule has 0 fully saturated rings. The molecule has 0 amide bonds. The minimum Gasteiger partial charge on any atom is -0.378 e. The fraction of sp³-hybridized carbons (Fsp3) is 0.727. The molecule has 1 N–H and O–H groups in total. The molecule has 4 heteroatoms. The van der Waals surface area contributed by atoms with Gasteiger partial charge in [-0.1, -0.05) is 6.92 Å². The van der Waals surface area contributed by atoms with Gasteiger partial charge >= 0.3 is 0 Å². The molecule has 0 saturated heterocycles. The predicted molar refractivity (Wildman–Crippen MR) is 62.2 cm³/mol. The van der Waals surface area contributed by atoms with E-state index in [2.05, 4.69) is 17.2 Å². The monoisotopic (exact) mass is 226 g/mol. The number of rotatable bonds is 4. The van der Waals surface area contributed by atoms with Crippen LogP contribution in [0.1, 0.15) is 41.4 Å². The lowest BCUT2D eigenvalue weighted by atomic mass is 9.98. The third-order valence-electron chi connectivity index (χ3n) is 2.71. The minimum absolute atomic E-state index is 0.529. The van der Waals surface area contributed by atoms with Gasteiger partial charge in [-0.25, -0.2) is 4.98 Å². The maximum absolute atomic E-state index is 5.13. The van der Waals surface area contributed by atoms with Crippen LogP contribution in [0, 0.1) is 0 Å². The van der Waals surface area contributed by atoms with Gasteiger partial charge in [0.05, 0.1) is 12.3 Å². The fourth-order valence-electron chi connectivity index (χ4n) is 2.10. The molecular weight excluding hydrogens is 208 g/mol. The highest BCUT2D eigenvalue weighted by Crippen LogP contribution is 2.34. The molecule has 15 heavy (non-hydrogen) atoms. The summed E-state index contributed by atoms with van der Waals surface area (Å²) in [5, 5.41) is 4.64. The molecule has 0 spiro atoms. The first kappa shape index (κ1) is 11.0. The van der Waals surface area contributed by atoms with Gasteiger partial charge in [0.1, 0.15) is 5.01 Å². The van der Waals surface area contributed by atoms with Crippen molar-refractivity contribution < 1.29 is 4.74 Å². The van der Waals surface area contributed by atoms with Crippen molar-refractivity contribution in [1.29, 1.82) is 0 Å². The van der Waals surface area contributed by atoms with Crippen LogP contribution < -0.4 is 5.32 Å². The molecule has 1 aliphatic carbocycles. The van der Waals surface area contributed by atoms with E-state index in [9.17, 15) is 0 Å². The number of methoxy groups -OCH3 is 1. The van der Waals surface area contributed by atoms with Gasteiger partial charge in [-0.3, -0.25) is 0 Å². The van der Waals surface area contributed by atoms with Gasteiger partial charge in [0.15, 0.2) is 0 Å². The number of thiazole rings is 1. The highest BCUT2D eigenvalue weighted by atomic mass is 32.1. The van der Waals surface area contributed by atoms with E-state index in [-0.39, 0.29) is 0 Å². The summed E-state index contributed by atoms with van der Waals surface area (Å²) in [6, 6.07) is 0.529. The summed E-state index contributed by atoms with van der Waals surface area (Å²) in [6.07, 6.45) is 3.63. The number of hydrogen-bond acceptors (Lipinski definition) is 4. The van der Waals surface area contributed by atoms with E-state index >= 15 is 0 Å². The normalized spacial score (nSPS) is 20.3. The van der Waals surface area contributed by atoms with Crippen molar-refractivity contribution in [3.63, 3.8) is 0 Å². The average molecular weight is 226 g/mol. The third kappa shape index (κ3) is 2.38. The summed E-state index contributed by atoms with van der Waals surface area (Å²) in [5.74, 6) is 0. The van der Waals surface area contributed by atoms with Crippen LogP contribution in [-0.2, 0) is 17.8 Å². The number of aromatic nitrogens is 1. The van der Waals surface area contributed by atoms with Gasteiger partial charge in [0.25, 0.3) is 0 Å². The van der Waals surface area contributed by atoms with E-state index in [1.54, 1.807) is 7.11 Å². The van der Waals surface area contributed by atoms with Gasteiger partial charge in [-0.2, -0.15) is 0 Å². The Morgan fingerprint density at radius 1 is 1.60 bits per heavy atom. The molecule has 0 aliphatic heterocycles. The van der Waals surface area contributed by atoms with Crippen LogP contribution in [0.2, 0.25) is 0 Å². The summed E-state index contributed by atoms with van der Waals surface area (Å²) in [5.41, 5.74) is 1.30. The second-order valence-corrected chi connectivity index (χ2v) is 4.97. The van der Waals surface area contributed by atoms with Gasteiger partial charge in [0.2, 0.25) is 0 Å². The summed E-state index contributed by atoms with van der Waals surface area (Å²) < 4.78 is 5.13. The quantitative estimate of drug-likeness (QED) is 0.855. The standard InChI is InChI=1S/C11H18N2OS/c1-3-12-8-5-4-6-9-11(8)15-10(13-9)7-14-2/h8,12H,3-7H2,1-2H3. The molecule has 2 rings (SSSR count). The first-order valence-corrected chi connectivity index (χ1v) is 6.37. The first-order valence-electron chi connectivity index (χ1n) is 5.56. The zero-order valence-electron chi connectivity index (χ0n) is 9.38. The van der Waals surface area contributed by atoms with Crippen LogP contribution in [0.4, 0.5) is 0 Å². The molecule has 1 aromatic rings. The molecule has 1 heterocycles. The predicted octanol–water partition coefficient (Wildman–Crippen LogP) is 2.28. The molecule has 0 aromatic carbocycles. The van der Waals surface area contributed by atoms with Gasteiger partial charge in [-0.05, 0) is 25.8 Å². The summed E-state index contributed by atoms with van der Waals surface area (Å²) in [6.45, 7) is 3.84. The molecule has 0 saturated carbocycles. The molecule has 1 atom stereocenters. The molecule has 1 unspecified atom stereocenters. The molecule has 84 valence electrons. The van der Waals surface area contributed by atoms with Gasteiger partial charge in [0, 0.05) is 18.0 Å². The molecule has 0 radical (unpaired) electrons. The summed E-state index contributed by atoms with van der Waals surface area (Å²) >= 11 is 1.81. The molecular formula is C11H18N2OS. The Bertz CT molecular complexity index is 324. The van der Waals surface area contributed by atoms with Crippen LogP contribution >= 0.6 is 11.3 Å². The molecule has 1 aliphatic rings. The Morgan fingerprint density at radius 3 is 3.20 bits per heavy atom. The largest absolute Gasteiger partial charge is 0.378 e. The number of nitrogens with zero attached hydrogens (tertiary/aromatic N) is 1. The van der Waals surface area contributed by atoms with Crippen molar-refractivity contribution in [3.05, 3.63) is 15.6 Å². The summed E-state index contributed by atoms with van der Waals surface area (Å²) in [7, 11) is 1.72. The maximum Gasteiger partial charge on any atom is 0.119 e. The van der Waals surface area contributed by atoms with E-state index in [4.69, 9.17) is 4.74 Å². The Morgan fingerprint density at radius 2 is 2.47 bits per heavy atom. The lowest BCUT2D eigenvalue weighted by Crippen LogP contribution is -2.23. The topological polar surface area (TPSA) is 34.2 Å². The SMILES string of the molecule is CCNC1CCCc2nc(COC)sc21. The number of ether oxygens (including phenoxy) is 1. The van der Waals surface area contributed by atoms with Crippen LogP contribution in [0.15, 0.2) is 0 Å². The van der Waals surface area contributed by atoms with Crippen molar-refractivity contribution in [2.24, 2.45) is 0 Å². The zero-order valence-corrected chi connectivity index (χ0v) is 10.2. The van der Waals surface area contributed by atoms with Crippen LogP contribution in [-0.4, -0.2) is 18.6 Å². The summed E-state index contributed by atoms with van der Waals surface area (Å²) in [4.78, 5) is 6.07. The average Bonchev–Trinajstić information content (AvgIpc) is 2.62. The highest BCUT2D eigenvalue weighted by Gasteiger charge is 2.23. The van der Waals surface area contributed by atoms with E-state index in [1.807, 2.05) is 11.3 Å². The van der Waals surface area contributed by atoms with Crippen molar-refractivity contribution in [2.45, 2.75) is 38.8 Å². The third-order valence-corrected chi connectivity index (χ3v) is 3.90. The molecule has 0 bridgehead atoms. The fourth-order valence-corrected chi connectivity index (χ4v) is 3.29. The van der Waals surface area contributed by atoms with Gasteiger partial charge in [-0.15, -0.1) is 11.3 Å². The van der Waals surface area contributed by atoms with Crippen molar-refractivity contribution in [2.75, 3.05) is 13.7 Å². The van der Waals surface area contributed by atoms with Crippen molar-refractivity contribution >= 4 is 11.3 Å². The first-order chi connectivity index (χ1) is 7.35. The van der Waals surface area contributed by atoms with Crippen LogP contribution in [0.25, 0.3) is 0 Å². The zero-order chi connectivity index (χ0) is 10.7.